The second-order valence-corrected chi connectivity index (χ2v) is 5.88. The molecule has 0 aliphatic rings. The van der Waals surface area contributed by atoms with Gasteiger partial charge < -0.3 is 11.1 Å². The molecular formula is C15H12BrFN2OS. The van der Waals surface area contributed by atoms with Crippen LogP contribution in [0, 0.1) is 12.7 Å². The molecule has 2 aromatic carbocycles. The zero-order valence-electron chi connectivity index (χ0n) is 11.1. The third kappa shape index (κ3) is 3.86. The van der Waals surface area contributed by atoms with Crippen LogP contribution in [0.4, 0.5) is 10.1 Å². The lowest BCUT2D eigenvalue weighted by molar-refractivity contribution is 0.102. The third-order valence-corrected chi connectivity index (χ3v) is 3.51. The van der Waals surface area contributed by atoms with Crippen LogP contribution in [0.3, 0.4) is 0 Å². The van der Waals surface area contributed by atoms with Crippen molar-refractivity contribution in [2.75, 3.05) is 5.32 Å². The highest BCUT2D eigenvalue weighted by Crippen LogP contribution is 2.22. The summed E-state index contributed by atoms with van der Waals surface area (Å²) in [6.07, 6.45) is 0. The first kappa shape index (κ1) is 15.6. The summed E-state index contributed by atoms with van der Waals surface area (Å²) >= 11 is 8.28. The molecule has 2 rings (SSSR count). The summed E-state index contributed by atoms with van der Waals surface area (Å²) in [5, 5.41) is 2.70. The Hall–Kier alpha value is -1.79. The fourth-order valence-corrected chi connectivity index (χ4v) is 2.42. The molecule has 3 N–H and O–H groups in total. The average Bonchev–Trinajstić information content (AvgIpc) is 2.39. The Morgan fingerprint density at radius 1 is 1.29 bits per heavy atom. The molecule has 0 spiro atoms. The maximum absolute atomic E-state index is 13.4. The number of halogens is 2. The fourth-order valence-electron chi connectivity index (χ4n) is 1.89. The monoisotopic (exact) mass is 366 g/mol. The Morgan fingerprint density at radius 2 is 2.00 bits per heavy atom. The number of hydrogen-bond acceptors (Lipinski definition) is 2. The van der Waals surface area contributed by atoms with Gasteiger partial charge in [-0.05, 0) is 48.9 Å². The summed E-state index contributed by atoms with van der Waals surface area (Å²) in [7, 11) is 0. The molecule has 3 nitrogen and oxygen atoms in total. The number of nitrogens with one attached hydrogen (secondary N) is 1. The first-order valence-electron chi connectivity index (χ1n) is 6.04. The Kier molecular flexibility index (Phi) is 4.69. The number of benzene rings is 2. The number of nitrogens with two attached hydrogens (primary N) is 1. The molecule has 6 heteroatoms. The molecule has 0 bridgehead atoms. The first-order chi connectivity index (χ1) is 9.86. The molecule has 0 aromatic heterocycles. The summed E-state index contributed by atoms with van der Waals surface area (Å²) in [6.45, 7) is 1.72. The molecule has 0 atom stereocenters. The van der Waals surface area contributed by atoms with E-state index < -0.39 is 11.7 Å². The van der Waals surface area contributed by atoms with Crippen LogP contribution in [0.25, 0.3) is 0 Å². The summed E-state index contributed by atoms with van der Waals surface area (Å²) in [4.78, 5) is 12.4. The fraction of sp³-hybridized carbons (Fsp3) is 0.0667. The predicted molar refractivity (Wildman–Crippen MR) is 89.1 cm³/mol. The van der Waals surface area contributed by atoms with E-state index in [9.17, 15) is 9.18 Å². The van der Waals surface area contributed by atoms with Gasteiger partial charge in [-0.15, -0.1) is 0 Å². The van der Waals surface area contributed by atoms with E-state index in [1.807, 2.05) is 0 Å². The summed E-state index contributed by atoms with van der Waals surface area (Å²) in [6, 6.07) is 9.31. The molecule has 0 unspecified atom stereocenters. The minimum absolute atomic E-state index is 0.169. The van der Waals surface area contributed by atoms with Gasteiger partial charge in [-0.1, -0.05) is 28.1 Å². The van der Waals surface area contributed by atoms with Crippen LogP contribution in [0.15, 0.2) is 40.9 Å². The van der Waals surface area contributed by atoms with E-state index in [1.165, 1.54) is 12.1 Å². The number of amides is 1. The van der Waals surface area contributed by atoms with E-state index in [0.717, 1.165) is 4.47 Å². The van der Waals surface area contributed by atoms with E-state index in [4.69, 9.17) is 18.0 Å². The van der Waals surface area contributed by atoms with E-state index in [0.29, 0.717) is 16.8 Å². The molecule has 1 amide bonds. The Balaban J connectivity index is 2.33. The maximum atomic E-state index is 13.4. The van der Waals surface area contributed by atoms with Gasteiger partial charge in [0.25, 0.3) is 5.91 Å². The Morgan fingerprint density at radius 3 is 2.62 bits per heavy atom. The predicted octanol–water partition coefficient (Wildman–Crippen LogP) is 3.78. The molecule has 0 radical (unpaired) electrons. The second-order valence-electron chi connectivity index (χ2n) is 4.53. The topological polar surface area (TPSA) is 55.1 Å². The first-order valence-corrected chi connectivity index (χ1v) is 7.25. The van der Waals surface area contributed by atoms with Crippen molar-refractivity contribution in [1.82, 2.24) is 0 Å². The van der Waals surface area contributed by atoms with Crippen molar-refractivity contribution in [3.8, 4) is 0 Å². The van der Waals surface area contributed by atoms with Gasteiger partial charge in [0.1, 0.15) is 10.8 Å². The molecule has 108 valence electrons. The van der Waals surface area contributed by atoms with Crippen LogP contribution in [0.2, 0.25) is 0 Å². The molecule has 21 heavy (non-hydrogen) atoms. The molecule has 0 aliphatic carbocycles. The third-order valence-electron chi connectivity index (χ3n) is 2.80. The van der Waals surface area contributed by atoms with Crippen molar-refractivity contribution in [3.63, 3.8) is 0 Å². The number of anilines is 1. The van der Waals surface area contributed by atoms with Gasteiger partial charge in [0, 0.05) is 15.6 Å². The Labute approximate surface area is 135 Å². The van der Waals surface area contributed by atoms with Crippen LogP contribution in [-0.2, 0) is 0 Å². The minimum atomic E-state index is -0.453. The zero-order valence-corrected chi connectivity index (χ0v) is 13.5. The smallest absolute Gasteiger partial charge is 0.255 e. The van der Waals surface area contributed by atoms with Crippen molar-refractivity contribution in [2.45, 2.75) is 6.92 Å². The molecule has 2 aromatic rings. The van der Waals surface area contributed by atoms with Gasteiger partial charge in [-0.3, -0.25) is 4.79 Å². The highest BCUT2D eigenvalue weighted by molar-refractivity contribution is 9.10. The number of rotatable bonds is 3. The SMILES string of the molecule is Cc1cc(F)cc(C(=O)Nc2ccc(Br)cc2C(N)=S)c1. The van der Waals surface area contributed by atoms with Gasteiger partial charge >= 0.3 is 0 Å². The zero-order chi connectivity index (χ0) is 15.6. The van der Waals surface area contributed by atoms with Crippen molar-refractivity contribution in [1.29, 1.82) is 0 Å². The number of hydrogen-bond donors (Lipinski definition) is 2. The van der Waals surface area contributed by atoms with Crippen LogP contribution in [-0.4, -0.2) is 10.9 Å². The van der Waals surface area contributed by atoms with Gasteiger partial charge in [-0.2, -0.15) is 0 Å². The summed E-state index contributed by atoms with van der Waals surface area (Å²) in [5.74, 6) is -0.872. The lowest BCUT2D eigenvalue weighted by Gasteiger charge is -2.11. The summed E-state index contributed by atoms with van der Waals surface area (Å²) in [5.41, 5.74) is 7.58. The van der Waals surface area contributed by atoms with E-state index in [-0.39, 0.29) is 10.6 Å². The minimum Gasteiger partial charge on any atom is -0.389 e. The van der Waals surface area contributed by atoms with E-state index >= 15 is 0 Å². The van der Waals surface area contributed by atoms with Gasteiger partial charge in [0.2, 0.25) is 0 Å². The number of carbonyl (C=O) groups excluding carboxylic acids is 1. The van der Waals surface area contributed by atoms with E-state index in [1.54, 1.807) is 31.2 Å². The van der Waals surface area contributed by atoms with Crippen LogP contribution < -0.4 is 11.1 Å². The van der Waals surface area contributed by atoms with Crippen molar-refractivity contribution in [3.05, 3.63) is 63.4 Å². The van der Waals surface area contributed by atoms with Crippen LogP contribution in [0.1, 0.15) is 21.5 Å². The highest BCUT2D eigenvalue weighted by Gasteiger charge is 2.12. The van der Waals surface area contributed by atoms with Crippen molar-refractivity contribution >= 4 is 44.7 Å². The number of aryl methyl sites for hydroxylation is 1. The number of thiocarbonyl (C=S) groups is 1. The van der Waals surface area contributed by atoms with Gasteiger partial charge in [-0.25, -0.2) is 4.39 Å². The normalized spacial score (nSPS) is 10.2. The lowest BCUT2D eigenvalue weighted by atomic mass is 10.1. The van der Waals surface area contributed by atoms with E-state index in [2.05, 4.69) is 21.2 Å². The Bertz CT molecular complexity index is 713. The van der Waals surface area contributed by atoms with Crippen molar-refractivity contribution < 1.29 is 9.18 Å². The summed E-state index contributed by atoms with van der Waals surface area (Å²) < 4.78 is 14.2. The van der Waals surface area contributed by atoms with Crippen LogP contribution in [0.5, 0.6) is 0 Å². The molecule has 0 heterocycles. The molecule has 0 saturated heterocycles. The molecule has 0 fully saturated rings. The largest absolute Gasteiger partial charge is 0.389 e. The number of carbonyl (C=O) groups is 1. The highest BCUT2D eigenvalue weighted by atomic mass is 79.9. The molecule has 0 saturated carbocycles. The maximum Gasteiger partial charge on any atom is 0.255 e. The second kappa shape index (κ2) is 6.32. The van der Waals surface area contributed by atoms with Crippen molar-refractivity contribution in [2.24, 2.45) is 5.73 Å². The standard InChI is InChI=1S/C15H12BrFN2OS/c1-8-4-9(6-11(17)5-8)15(20)19-13-3-2-10(16)7-12(13)14(18)21/h2-7H,1H3,(H2,18,21)(H,19,20). The van der Waals surface area contributed by atoms with Gasteiger partial charge in [0.15, 0.2) is 0 Å². The lowest BCUT2D eigenvalue weighted by Crippen LogP contribution is -2.18. The van der Waals surface area contributed by atoms with Crippen LogP contribution >= 0.6 is 28.1 Å². The van der Waals surface area contributed by atoms with Gasteiger partial charge in [0.05, 0.1) is 5.69 Å². The molecule has 0 aliphatic heterocycles. The average molecular weight is 367 g/mol. The quantitative estimate of drug-likeness (QED) is 0.812. The molecular weight excluding hydrogens is 355 g/mol.